The summed E-state index contributed by atoms with van der Waals surface area (Å²) in [6.07, 6.45) is 2.46. The van der Waals surface area contributed by atoms with Crippen molar-refractivity contribution >= 4 is 34.7 Å². The Morgan fingerprint density at radius 2 is 1.97 bits per heavy atom. The molecule has 3 rings (SSSR count). The number of aliphatic carboxylic acids is 2. The van der Waals surface area contributed by atoms with Crippen LogP contribution in [0.2, 0.25) is 0 Å². The second-order valence-corrected chi connectivity index (χ2v) is 7.69. The summed E-state index contributed by atoms with van der Waals surface area (Å²) >= 11 is 0. The van der Waals surface area contributed by atoms with Crippen molar-refractivity contribution in [3.05, 3.63) is 36.0 Å². The highest BCUT2D eigenvalue weighted by molar-refractivity contribution is 5.93. The molecule has 1 fully saturated rings. The molecule has 0 bridgehead atoms. The quantitative estimate of drug-likeness (QED) is 0.385. The van der Waals surface area contributed by atoms with Crippen LogP contribution in [-0.4, -0.2) is 68.5 Å². The van der Waals surface area contributed by atoms with E-state index in [-0.39, 0.29) is 19.3 Å². The predicted molar refractivity (Wildman–Crippen MR) is 111 cm³/mol. The number of carbonyl (C=O) groups is 4. The van der Waals surface area contributed by atoms with Gasteiger partial charge in [0.15, 0.2) is 0 Å². The number of rotatable bonds is 9. The molecule has 0 saturated carbocycles. The zero-order chi connectivity index (χ0) is 22.5. The Bertz CT molecular complexity index is 987. The second-order valence-electron chi connectivity index (χ2n) is 7.69. The van der Waals surface area contributed by atoms with E-state index >= 15 is 0 Å². The number of nitrogens with one attached hydrogen (secondary N) is 2. The fourth-order valence-corrected chi connectivity index (χ4v) is 3.90. The molecule has 2 heterocycles. The Morgan fingerprint density at radius 1 is 1.23 bits per heavy atom. The SMILES string of the molecule is N[C@@H](CCC(=O)O)C(=O)N[C@@H](Cc1c[nH]c2ccccc12)C(=O)N1CCC[C@@H]1C(=O)O. The third-order valence-electron chi connectivity index (χ3n) is 5.54. The minimum absolute atomic E-state index is 0.0728. The molecule has 10 heteroatoms. The van der Waals surface area contributed by atoms with E-state index in [1.165, 1.54) is 4.90 Å². The highest BCUT2D eigenvalue weighted by Gasteiger charge is 2.38. The van der Waals surface area contributed by atoms with E-state index in [0.29, 0.717) is 19.4 Å². The van der Waals surface area contributed by atoms with Crippen LogP contribution in [0.4, 0.5) is 0 Å². The summed E-state index contributed by atoms with van der Waals surface area (Å²) < 4.78 is 0. The van der Waals surface area contributed by atoms with Crippen LogP contribution >= 0.6 is 0 Å². The van der Waals surface area contributed by atoms with E-state index in [1.807, 2.05) is 24.3 Å². The summed E-state index contributed by atoms with van der Waals surface area (Å²) in [4.78, 5) is 52.5. The average molecular weight is 430 g/mol. The summed E-state index contributed by atoms with van der Waals surface area (Å²) in [7, 11) is 0. The van der Waals surface area contributed by atoms with Crippen LogP contribution in [0, 0.1) is 0 Å². The Kier molecular flexibility index (Phi) is 6.91. The van der Waals surface area contributed by atoms with Gasteiger partial charge in [-0.2, -0.15) is 0 Å². The smallest absolute Gasteiger partial charge is 0.326 e. The van der Waals surface area contributed by atoms with E-state index in [9.17, 15) is 24.3 Å². The maximum Gasteiger partial charge on any atom is 0.326 e. The number of hydrogen-bond donors (Lipinski definition) is 5. The molecule has 1 aliphatic rings. The first kappa shape index (κ1) is 22.3. The summed E-state index contributed by atoms with van der Waals surface area (Å²) in [5.41, 5.74) is 7.47. The van der Waals surface area contributed by atoms with Crippen LogP contribution in [-0.2, 0) is 25.6 Å². The third kappa shape index (κ3) is 5.21. The number of likely N-dealkylation sites (tertiary alicyclic amines) is 1. The lowest BCUT2D eigenvalue weighted by atomic mass is 10.0. The van der Waals surface area contributed by atoms with Gasteiger partial charge in [-0.25, -0.2) is 4.79 Å². The van der Waals surface area contributed by atoms with Gasteiger partial charge in [0.1, 0.15) is 12.1 Å². The first-order chi connectivity index (χ1) is 14.8. The van der Waals surface area contributed by atoms with E-state index in [1.54, 1.807) is 6.20 Å². The number of carboxylic acids is 2. The minimum atomic E-state index is -1.09. The fourth-order valence-electron chi connectivity index (χ4n) is 3.90. The van der Waals surface area contributed by atoms with Crippen LogP contribution in [0.1, 0.15) is 31.2 Å². The van der Waals surface area contributed by atoms with Crippen molar-refractivity contribution < 1.29 is 29.4 Å². The van der Waals surface area contributed by atoms with Crippen molar-refractivity contribution in [2.24, 2.45) is 5.73 Å². The van der Waals surface area contributed by atoms with Crippen LogP contribution in [0.15, 0.2) is 30.5 Å². The van der Waals surface area contributed by atoms with E-state index < -0.39 is 41.9 Å². The van der Waals surface area contributed by atoms with Gasteiger partial charge in [0.25, 0.3) is 0 Å². The highest BCUT2D eigenvalue weighted by Crippen LogP contribution is 2.23. The van der Waals surface area contributed by atoms with E-state index in [4.69, 9.17) is 10.8 Å². The predicted octanol–water partition coefficient (Wildman–Crippen LogP) is 0.463. The molecule has 2 amide bonds. The third-order valence-corrected chi connectivity index (χ3v) is 5.54. The maximum absolute atomic E-state index is 13.2. The van der Waals surface area contributed by atoms with Gasteiger partial charge in [-0.15, -0.1) is 0 Å². The topological polar surface area (TPSA) is 166 Å². The van der Waals surface area contributed by atoms with Gasteiger partial charge >= 0.3 is 11.9 Å². The molecule has 1 aromatic heterocycles. The first-order valence-electron chi connectivity index (χ1n) is 10.1. The van der Waals surface area contributed by atoms with Crippen LogP contribution in [0.3, 0.4) is 0 Å². The lowest BCUT2D eigenvalue weighted by Crippen LogP contribution is -2.55. The van der Waals surface area contributed by atoms with Crippen molar-refractivity contribution in [3.63, 3.8) is 0 Å². The molecular weight excluding hydrogens is 404 g/mol. The van der Waals surface area contributed by atoms with Crippen LogP contribution in [0.25, 0.3) is 10.9 Å². The monoisotopic (exact) mass is 430 g/mol. The zero-order valence-electron chi connectivity index (χ0n) is 16.9. The molecule has 31 heavy (non-hydrogen) atoms. The Morgan fingerprint density at radius 3 is 2.68 bits per heavy atom. The zero-order valence-corrected chi connectivity index (χ0v) is 16.9. The molecule has 0 aliphatic carbocycles. The number of H-pyrrole nitrogens is 1. The number of aromatic amines is 1. The molecule has 10 nitrogen and oxygen atoms in total. The molecular formula is C21H26N4O6. The number of carboxylic acid groups (broad SMARTS) is 2. The number of para-hydroxylation sites is 1. The average Bonchev–Trinajstić information content (AvgIpc) is 3.38. The molecule has 0 unspecified atom stereocenters. The van der Waals surface area contributed by atoms with Gasteiger partial charge in [-0.05, 0) is 30.9 Å². The standard InChI is InChI=1S/C21H26N4O6/c22-14(7-8-18(26)27)19(28)24-16(20(29)25-9-3-6-17(25)21(30)31)10-12-11-23-15-5-2-1-4-13(12)15/h1-2,4-5,11,14,16-17,23H,3,6-10,22H2,(H,24,28)(H,26,27)(H,30,31)/t14-,16-,17+/m0/s1. The van der Waals surface area contributed by atoms with Gasteiger partial charge in [-0.3, -0.25) is 14.4 Å². The molecule has 1 saturated heterocycles. The molecule has 0 radical (unpaired) electrons. The Labute approximate surface area is 178 Å². The van der Waals surface area contributed by atoms with Gasteiger partial charge < -0.3 is 31.1 Å². The largest absolute Gasteiger partial charge is 0.481 e. The summed E-state index contributed by atoms with van der Waals surface area (Å²) in [5, 5.41) is 21.8. The first-order valence-corrected chi connectivity index (χ1v) is 10.1. The number of fused-ring (bicyclic) bond motifs is 1. The molecule has 2 aromatic rings. The lowest BCUT2D eigenvalue weighted by Gasteiger charge is -2.28. The van der Waals surface area contributed by atoms with Gasteiger partial charge in [0, 0.05) is 36.5 Å². The number of carbonyl (C=O) groups excluding carboxylic acids is 2. The van der Waals surface area contributed by atoms with Crippen molar-refractivity contribution in [3.8, 4) is 0 Å². The number of amides is 2. The number of benzene rings is 1. The van der Waals surface area contributed by atoms with Gasteiger partial charge in [0.05, 0.1) is 6.04 Å². The highest BCUT2D eigenvalue weighted by atomic mass is 16.4. The molecule has 6 N–H and O–H groups in total. The van der Waals surface area contributed by atoms with Crippen molar-refractivity contribution in [1.82, 2.24) is 15.2 Å². The number of hydrogen-bond acceptors (Lipinski definition) is 5. The molecule has 1 aromatic carbocycles. The van der Waals surface area contributed by atoms with Crippen molar-refractivity contribution in [2.45, 2.75) is 50.2 Å². The van der Waals surface area contributed by atoms with E-state index in [2.05, 4.69) is 10.3 Å². The normalized spacial score (nSPS) is 18.0. The van der Waals surface area contributed by atoms with Crippen molar-refractivity contribution in [1.29, 1.82) is 0 Å². The maximum atomic E-state index is 13.2. The van der Waals surface area contributed by atoms with E-state index in [0.717, 1.165) is 16.5 Å². The van der Waals surface area contributed by atoms with Crippen LogP contribution in [0.5, 0.6) is 0 Å². The van der Waals surface area contributed by atoms with Crippen LogP contribution < -0.4 is 11.1 Å². The summed E-state index contributed by atoms with van der Waals surface area (Å²) in [5.74, 6) is -3.29. The second kappa shape index (κ2) is 9.61. The fraction of sp³-hybridized carbons (Fsp3) is 0.429. The van der Waals surface area contributed by atoms with Crippen molar-refractivity contribution in [2.75, 3.05) is 6.54 Å². The Hall–Kier alpha value is -3.40. The Balaban J connectivity index is 1.82. The molecule has 166 valence electrons. The molecule has 3 atom stereocenters. The molecule has 1 aliphatic heterocycles. The minimum Gasteiger partial charge on any atom is -0.481 e. The summed E-state index contributed by atoms with van der Waals surface area (Å²) in [6.45, 7) is 0.293. The van der Waals surface area contributed by atoms with Gasteiger partial charge in [0.2, 0.25) is 11.8 Å². The molecule has 0 spiro atoms. The number of nitrogens with zero attached hydrogens (tertiary/aromatic N) is 1. The number of aromatic nitrogens is 1. The lowest BCUT2D eigenvalue weighted by molar-refractivity contribution is -0.149. The van der Waals surface area contributed by atoms with Gasteiger partial charge in [-0.1, -0.05) is 18.2 Å². The summed E-state index contributed by atoms with van der Waals surface area (Å²) in [6, 6.07) is 4.45. The number of nitrogens with two attached hydrogens (primary N) is 1.